The van der Waals surface area contributed by atoms with E-state index in [1.165, 1.54) is 10.4 Å². The van der Waals surface area contributed by atoms with Crippen molar-refractivity contribution < 1.29 is 4.39 Å². The molecule has 1 unspecified atom stereocenters. The lowest BCUT2D eigenvalue weighted by molar-refractivity contribution is 0.750. The van der Waals surface area contributed by atoms with Crippen LogP contribution in [0.2, 0.25) is 0 Å². The quantitative estimate of drug-likeness (QED) is 0.556. The third kappa shape index (κ3) is 1.57. The van der Waals surface area contributed by atoms with Gasteiger partial charge >= 0.3 is 0 Å². The maximum absolute atomic E-state index is 14.3. The number of hydrogen-bond donors (Lipinski definition) is 0. The third-order valence-corrected chi connectivity index (χ3v) is 4.65. The van der Waals surface area contributed by atoms with E-state index in [4.69, 9.17) is 0 Å². The summed E-state index contributed by atoms with van der Waals surface area (Å²) in [4.78, 5) is 1.19. The van der Waals surface area contributed by atoms with Crippen LogP contribution < -0.4 is 0 Å². The van der Waals surface area contributed by atoms with E-state index in [-0.39, 0.29) is 11.7 Å². The molecule has 1 aliphatic rings. The highest BCUT2D eigenvalue weighted by Gasteiger charge is 2.23. The second-order valence-corrected chi connectivity index (χ2v) is 5.74. The smallest absolute Gasteiger partial charge is 0.128 e. The zero-order chi connectivity index (χ0) is 12.8. The Morgan fingerprint density at radius 1 is 0.947 bits per heavy atom. The van der Waals surface area contributed by atoms with Gasteiger partial charge in [0.2, 0.25) is 0 Å². The van der Waals surface area contributed by atoms with E-state index in [0.29, 0.717) is 0 Å². The fraction of sp³-hybridized carbons (Fsp3) is 0.0588. The summed E-state index contributed by atoms with van der Waals surface area (Å²) in [6.45, 7) is 0. The maximum Gasteiger partial charge on any atom is 0.128 e. The van der Waals surface area contributed by atoms with Crippen LogP contribution in [0.1, 0.15) is 21.9 Å². The van der Waals surface area contributed by atoms with Crippen LogP contribution in [0.3, 0.4) is 0 Å². The first-order chi connectivity index (χ1) is 9.34. The van der Waals surface area contributed by atoms with Crippen LogP contribution in [0.25, 0.3) is 16.6 Å². The largest absolute Gasteiger partial charge is 0.207 e. The molecule has 0 N–H and O–H groups in total. The summed E-state index contributed by atoms with van der Waals surface area (Å²) in [5, 5.41) is 4.21. The van der Waals surface area contributed by atoms with Gasteiger partial charge in [0.1, 0.15) is 5.83 Å². The predicted molar refractivity (Wildman–Crippen MR) is 79.2 cm³/mol. The Morgan fingerprint density at radius 3 is 2.58 bits per heavy atom. The average molecular weight is 266 g/mol. The molecular weight excluding hydrogens is 255 g/mol. The van der Waals surface area contributed by atoms with E-state index in [9.17, 15) is 4.39 Å². The Kier molecular flexibility index (Phi) is 2.32. The van der Waals surface area contributed by atoms with Gasteiger partial charge in [0.25, 0.3) is 0 Å². The molecule has 2 aromatic carbocycles. The first kappa shape index (κ1) is 10.9. The summed E-state index contributed by atoms with van der Waals surface area (Å²) in [6.07, 6.45) is 1.74. The third-order valence-electron chi connectivity index (χ3n) is 3.69. The Labute approximate surface area is 114 Å². The van der Waals surface area contributed by atoms with Crippen LogP contribution in [-0.2, 0) is 0 Å². The Balaban J connectivity index is 2.08. The SMILES string of the molecule is FC1=CC(c2cccs2)c2cccc3cccc1c23. The number of benzene rings is 2. The van der Waals surface area contributed by atoms with Crippen LogP contribution >= 0.6 is 11.3 Å². The molecule has 2 heteroatoms. The second-order valence-electron chi connectivity index (χ2n) is 4.76. The number of thiophene rings is 1. The Hall–Kier alpha value is -1.93. The van der Waals surface area contributed by atoms with Crippen molar-refractivity contribution in [1.29, 1.82) is 0 Å². The molecule has 1 aromatic heterocycles. The molecule has 3 aromatic rings. The van der Waals surface area contributed by atoms with E-state index in [1.54, 1.807) is 17.4 Å². The lowest BCUT2D eigenvalue weighted by Gasteiger charge is -2.21. The molecule has 92 valence electrons. The molecule has 1 atom stereocenters. The highest BCUT2D eigenvalue weighted by Crippen LogP contribution is 2.42. The normalized spacial score (nSPS) is 17.5. The van der Waals surface area contributed by atoms with Crippen molar-refractivity contribution in [3.63, 3.8) is 0 Å². The Morgan fingerprint density at radius 2 is 1.79 bits per heavy atom. The van der Waals surface area contributed by atoms with Gasteiger partial charge in [-0.3, -0.25) is 0 Å². The van der Waals surface area contributed by atoms with E-state index in [2.05, 4.69) is 18.2 Å². The molecule has 0 radical (unpaired) electrons. The minimum absolute atomic E-state index is 0.0404. The molecule has 1 heterocycles. The summed E-state index contributed by atoms with van der Waals surface area (Å²) in [6, 6.07) is 16.1. The van der Waals surface area contributed by atoms with Gasteiger partial charge in [-0.1, -0.05) is 42.5 Å². The summed E-state index contributed by atoms with van der Waals surface area (Å²) >= 11 is 1.68. The van der Waals surface area contributed by atoms with Gasteiger partial charge in [-0.15, -0.1) is 11.3 Å². The topological polar surface area (TPSA) is 0 Å². The standard InChI is InChI=1S/C17H11FS/c18-15-10-14(16-8-3-9-19-16)12-6-1-4-11-5-2-7-13(15)17(11)12/h1-10,14H. The van der Waals surface area contributed by atoms with Gasteiger partial charge in [0, 0.05) is 16.4 Å². The zero-order valence-electron chi connectivity index (χ0n) is 10.1. The molecule has 19 heavy (non-hydrogen) atoms. The molecule has 0 saturated carbocycles. The van der Waals surface area contributed by atoms with Crippen molar-refractivity contribution >= 4 is 27.9 Å². The van der Waals surface area contributed by atoms with Crippen molar-refractivity contribution in [1.82, 2.24) is 0 Å². The minimum atomic E-state index is -0.109. The molecule has 0 fully saturated rings. The summed E-state index contributed by atoms with van der Waals surface area (Å²) in [7, 11) is 0. The van der Waals surface area contributed by atoms with Gasteiger partial charge < -0.3 is 0 Å². The zero-order valence-corrected chi connectivity index (χ0v) is 11.0. The first-order valence-corrected chi connectivity index (χ1v) is 7.15. The number of hydrogen-bond acceptors (Lipinski definition) is 1. The van der Waals surface area contributed by atoms with Crippen molar-refractivity contribution in [2.45, 2.75) is 5.92 Å². The van der Waals surface area contributed by atoms with Crippen LogP contribution in [0.4, 0.5) is 4.39 Å². The van der Waals surface area contributed by atoms with Crippen LogP contribution in [0.15, 0.2) is 60.0 Å². The lowest BCUT2D eigenvalue weighted by Crippen LogP contribution is -2.03. The number of allylic oxidation sites excluding steroid dienone is 1. The van der Waals surface area contributed by atoms with E-state index >= 15 is 0 Å². The van der Waals surface area contributed by atoms with Gasteiger partial charge in [-0.05, 0) is 33.9 Å². The highest BCUT2D eigenvalue weighted by molar-refractivity contribution is 7.10. The molecule has 0 bridgehead atoms. The fourth-order valence-electron chi connectivity index (χ4n) is 2.86. The Bertz CT molecular complexity index is 779. The minimum Gasteiger partial charge on any atom is -0.207 e. The van der Waals surface area contributed by atoms with Crippen molar-refractivity contribution in [2.24, 2.45) is 0 Å². The highest BCUT2D eigenvalue weighted by atomic mass is 32.1. The number of halogens is 1. The molecule has 1 aliphatic carbocycles. The second kappa shape index (κ2) is 4.04. The van der Waals surface area contributed by atoms with Gasteiger partial charge in [-0.25, -0.2) is 4.39 Å². The molecular formula is C17H11FS. The van der Waals surface area contributed by atoms with E-state index < -0.39 is 0 Å². The van der Waals surface area contributed by atoms with Gasteiger partial charge in [0.15, 0.2) is 0 Å². The molecule has 0 saturated heterocycles. The predicted octanol–water partition coefficient (Wildman–Crippen LogP) is 5.36. The number of rotatable bonds is 1. The van der Waals surface area contributed by atoms with Gasteiger partial charge in [0.05, 0.1) is 0 Å². The monoisotopic (exact) mass is 266 g/mol. The molecule has 0 spiro atoms. The van der Waals surface area contributed by atoms with E-state index in [0.717, 1.165) is 16.3 Å². The molecule has 0 aliphatic heterocycles. The summed E-state index contributed by atoms with van der Waals surface area (Å²) < 4.78 is 14.3. The van der Waals surface area contributed by atoms with Crippen molar-refractivity contribution in [2.75, 3.05) is 0 Å². The average Bonchev–Trinajstić information content (AvgIpc) is 2.97. The van der Waals surface area contributed by atoms with Crippen molar-refractivity contribution in [3.8, 4) is 0 Å². The van der Waals surface area contributed by atoms with E-state index in [1.807, 2.05) is 35.7 Å². The van der Waals surface area contributed by atoms with Gasteiger partial charge in [-0.2, -0.15) is 0 Å². The first-order valence-electron chi connectivity index (χ1n) is 6.27. The molecule has 4 rings (SSSR count). The fourth-order valence-corrected chi connectivity index (χ4v) is 3.67. The van der Waals surface area contributed by atoms with Crippen LogP contribution in [0, 0.1) is 0 Å². The van der Waals surface area contributed by atoms with Crippen molar-refractivity contribution in [3.05, 3.63) is 76.0 Å². The molecule has 0 nitrogen and oxygen atoms in total. The lowest BCUT2D eigenvalue weighted by atomic mass is 9.85. The summed E-state index contributed by atoms with van der Waals surface area (Å²) in [5.74, 6) is -0.0682. The molecule has 0 amide bonds. The summed E-state index contributed by atoms with van der Waals surface area (Å²) in [5.41, 5.74) is 1.93. The van der Waals surface area contributed by atoms with Crippen LogP contribution in [0.5, 0.6) is 0 Å². The van der Waals surface area contributed by atoms with Crippen LogP contribution in [-0.4, -0.2) is 0 Å². The maximum atomic E-state index is 14.3.